The Labute approximate surface area is 216 Å². The van der Waals surface area contributed by atoms with Crippen LogP contribution in [-0.2, 0) is 0 Å². The van der Waals surface area contributed by atoms with Crippen LogP contribution in [0, 0.1) is 5.82 Å². The van der Waals surface area contributed by atoms with Gasteiger partial charge in [-0.3, -0.25) is 0 Å². The third-order valence-corrected chi connectivity index (χ3v) is 5.11. The van der Waals surface area contributed by atoms with Crippen LogP contribution in [0.3, 0.4) is 0 Å². The molecule has 0 aliphatic carbocycles. The summed E-state index contributed by atoms with van der Waals surface area (Å²) in [5, 5.41) is 10.4. The molecule has 0 amide bonds. The number of hydrogen-bond acceptors (Lipinski definition) is 8. The van der Waals surface area contributed by atoms with E-state index in [1.165, 1.54) is 24.4 Å². The monoisotopic (exact) mass is 539 g/mol. The van der Waals surface area contributed by atoms with Crippen molar-refractivity contribution in [3.63, 3.8) is 0 Å². The number of likely N-dealkylation sites (tertiary alicyclic amines) is 1. The van der Waals surface area contributed by atoms with Crippen molar-refractivity contribution in [3.8, 4) is 28.4 Å². The molecule has 33 heavy (non-hydrogen) atoms. The van der Waals surface area contributed by atoms with Gasteiger partial charge in [-0.15, -0.1) is 49.6 Å². The van der Waals surface area contributed by atoms with Gasteiger partial charge >= 0.3 is 0 Å². The Morgan fingerprint density at radius 1 is 1.03 bits per heavy atom. The zero-order valence-corrected chi connectivity index (χ0v) is 20.9. The van der Waals surface area contributed by atoms with Gasteiger partial charge in [0.1, 0.15) is 11.4 Å². The molecular weight excluding hydrogens is 515 g/mol. The van der Waals surface area contributed by atoms with Gasteiger partial charge in [-0.05, 0) is 50.7 Å². The van der Waals surface area contributed by atoms with E-state index in [0.717, 1.165) is 31.6 Å². The van der Waals surface area contributed by atoms with Gasteiger partial charge < -0.3 is 21.5 Å². The molecule has 1 saturated heterocycles. The quantitative estimate of drug-likeness (QED) is 0.453. The van der Waals surface area contributed by atoms with E-state index in [-0.39, 0.29) is 84.3 Å². The summed E-state index contributed by atoms with van der Waals surface area (Å²) < 4.78 is 14.4. The first kappa shape index (κ1) is 30.8. The lowest BCUT2D eigenvalue weighted by Crippen LogP contribution is -2.31. The van der Waals surface area contributed by atoms with Gasteiger partial charge in [-0.2, -0.15) is 0 Å². The summed E-state index contributed by atoms with van der Waals surface area (Å²) in [4.78, 5) is 19.1. The first-order valence-electron chi connectivity index (χ1n) is 9.36. The van der Waals surface area contributed by atoms with Gasteiger partial charge in [-0.25, -0.2) is 24.3 Å². The molecule has 0 spiro atoms. The lowest BCUT2D eigenvalue weighted by atomic mass is 9.94. The fourth-order valence-electron chi connectivity index (χ4n) is 3.67. The lowest BCUT2D eigenvalue weighted by molar-refractivity contribution is 0.248. The number of pyridine rings is 2. The Bertz CT molecular complexity index is 1080. The van der Waals surface area contributed by atoms with Gasteiger partial charge in [0, 0.05) is 24.2 Å². The maximum atomic E-state index is 14.4. The second-order valence-electron chi connectivity index (χ2n) is 7.26. The molecule has 182 valence electrons. The third kappa shape index (κ3) is 6.68. The second kappa shape index (κ2) is 12.9. The van der Waals surface area contributed by atoms with Gasteiger partial charge in [0.25, 0.3) is 0 Å². The number of halogens is 5. The van der Waals surface area contributed by atoms with Crippen molar-refractivity contribution in [1.29, 1.82) is 0 Å². The summed E-state index contributed by atoms with van der Waals surface area (Å²) in [6.45, 7) is 1.92. The maximum Gasteiger partial charge on any atom is 0.220 e. The predicted octanol–water partition coefficient (Wildman–Crippen LogP) is 4.11. The number of nitrogen functional groups attached to an aromatic ring is 2. The molecule has 8 nitrogen and oxygen atoms in total. The molecule has 1 unspecified atom stereocenters. The minimum absolute atomic E-state index is 0. The summed E-state index contributed by atoms with van der Waals surface area (Å²) >= 11 is 0. The van der Waals surface area contributed by atoms with Gasteiger partial charge in [0.2, 0.25) is 5.95 Å². The highest BCUT2D eigenvalue weighted by molar-refractivity contribution is 5.86. The van der Waals surface area contributed by atoms with Crippen molar-refractivity contribution in [2.45, 2.75) is 18.8 Å². The van der Waals surface area contributed by atoms with Crippen LogP contribution in [-0.4, -0.2) is 50.1 Å². The highest BCUT2D eigenvalue weighted by Gasteiger charge is 2.22. The smallest absolute Gasteiger partial charge is 0.220 e. The Hall–Kier alpha value is -2.17. The fourth-order valence-corrected chi connectivity index (χ4v) is 3.67. The van der Waals surface area contributed by atoms with E-state index in [0.29, 0.717) is 11.4 Å². The van der Waals surface area contributed by atoms with Crippen LogP contribution in [0.4, 0.5) is 16.2 Å². The largest absolute Gasteiger partial charge is 0.506 e. The molecule has 13 heteroatoms. The maximum absolute atomic E-state index is 14.4. The number of nitrogens with two attached hydrogens (primary N) is 2. The molecular formula is C20H26Cl4FN7O. The molecule has 0 saturated carbocycles. The molecule has 1 atom stereocenters. The van der Waals surface area contributed by atoms with Crippen LogP contribution in [0.5, 0.6) is 5.75 Å². The molecule has 0 radical (unpaired) electrons. The molecule has 3 aromatic rings. The first-order valence-corrected chi connectivity index (χ1v) is 9.36. The first-order chi connectivity index (χ1) is 13.9. The number of piperidine rings is 1. The molecule has 4 heterocycles. The van der Waals surface area contributed by atoms with E-state index < -0.39 is 5.82 Å². The number of aromatic nitrogens is 4. The zero-order chi connectivity index (χ0) is 20.5. The zero-order valence-electron chi connectivity index (χ0n) is 17.6. The minimum atomic E-state index is -0.662. The topological polar surface area (TPSA) is 127 Å². The van der Waals surface area contributed by atoms with Crippen LogP contribution >= 0.6 is 49.6 Å². The lowest BCUT2D eigenvalue weighted by Gasteiger charge is -2.29. The molecule has 1 aliphatic heterocycles. The van der Waals surface area contributed by atoms with E-state index in [9.17, 15) is 9.50 Å². The van der Waals surface area contributed by atoms with Crippen molar-refractivity contribution in [3.05, 3.63) is 42.0 Å². The highest BCUT2D eigenvalue weighted by atomic mass is 35.5. The van der Waals surface area contributed by atoms with Crippen molar-refractivity contribution >= 4 is 61.4 Å². The van der Waals surface area contributed by atoms with E-state index in [4.69, 9.17) is 11.5 Å². The summed E-state index contributed by atoms with van der Waals surface area (Å²) in [6.07, 6.45) is 3.48. The SMILES string of the molecule is CN1CCCC(c2cc(-c3nc(-c4ccnc(N)c4F)ccc3O)nc(N)n2)C1.Cl.Cl.Cl.Cl. The van der Waals surface area contributed by atoms with Crippen molar-refractivity contribution in [2.75, 3.05) is 31.6 Å². The van der Waals surface area contributed by atoms with Crippen LogP contribution in [0.15, 0.2) is 30.5 Å². The molecule has 3 aromatic heterocycles. The highest BCUT2D eigenvalue weighted by Crippen LogP contribution is 2.33. The van der Waals surface area contributed by atoms with Crippen LogP contribution < -0.4 is 11.5 Å². The number of anilines is 2. The number of aromatic hydroxyl groups is 1. The number of nitrogens with zero attached hydrogens (tertiary/aromatic N) is 5. The van der Waals surface area contributed by atoms with Crippen molar-refractivity contribution in [1.82, 2.24) is 24.8 Å². The molecule has 0 aromatic carbocycles. The van der Waals surface area contributed by atoms with E-state index >= 15 is 0 Å². The van der Waals surface area contributed by atoms with Crippen molar-refractivity contribution < 1.29 is 9.50 Å². The van der Waals surface area contributed by atoms with Crippen LogP contribution in [0.1, 0.15) is 24.5 Å². The average Bonchev–Trinajstić information content (AvgIpc) is 2.70. The predicted molar refractivity (Wildman–Crippen MR) is 137 cm³/mol. The van der Waals surface area contributed by atoms with E-state index in [2.05, 4.69) is 31.9 Å². The molecule has 1 aliphatic rings. The molecule has 4 rings (SSSR count). The number of hydrogen-bond donors (Lipinski definition) is 3. The average molecular weight is 541 g/mol. The van der Waals surface area contributed by atoms with Crippen LogP contribution in [0.2, 0.25) is 0 Å². The summed E-state index contributed by atoms with van der Waals surface area (Å²) in [6, 6.07) is 6.23. The van der Waals surface area contributed by atoms with Gasteiger partial charge in [0.05, 0.1) is 17.1 Å². The van der Waals surface area contributed by atoms with Gasteiger partial charge in [0.15, 0.2) is 11.6 Å². The molecule has 1 fully saturated rings. The number of rotatable bonds is 3. The second-order valence-corrected chi connectivity index (χ2v) is 7.26. The van der Waals surface area contributed by atoms with Crippen molar-refractivity contribution in [2.24, 2.45) is 0 Å². The fraction of sp³-hybridized carbons (Fsp3) is 0.300. The Morgan fingerprint density at radius 3 is 2.45 bits per heavy atom. The normalized spacial score (nSPS) is 15.3. The number of likely N-dealkylation sites (N-methyl/N-ethyl adjacent to an activating group) is 1. The minimum Gasteiger partial charge on any atom is -0.506 e. The van der Waals surface area contributed by atoms with Crippen LogP contribution in [0.25, 0.3) is 22.6 Å². The molecule has 5 N–H and O–H groups in total. The van der Waals surface area contributed by atoms with Gasteiger partial charge in [-0.1, -0.05) is 0 Å². The standard InChI is InChI=1S/C20H22FN7O.4ClH/c1-28-8-2-3-11(10-28)14-9-15(27-20(23)26-14)18-16(29)5-4-13(25-18)12-6-7-24-19(22)17(12)21;;;;/h4-7,9,11,29H,2-3,8,10H2,1H3,(H2,22,24)(H2,23,26,27);4*1H. The Balaban J connectivity index is 0.00000256. The van der Waals surface area contributed by atoms with E-state index in [1.54, 1.807) is 6.07 Å². The van der Waals surface area contributed by atoms with E-state index in [1.807, 2.05) is 0 Å². The Kier molecular flexibility index (Phi) is 12.1. The summed E-state index contributed by atoms with van der Waals surface area (Å²) in [7, 11) is 2.07. The Morgan fingerprint density at radius 2 is 1.76 bits per heavy atom. The molecule has 0 bridgehead atoms. The third-order valence-electron chi connectivity index (χ3n) is 5.11. The summed E-state index contributed by atoms with van der Waals surface area (Å²) in [5.41, 5.74) is 13.4. The summed E-state index contributed by atoms with van der Waals surface area (Å²) in [5.74, 6) is -0.628.